The highest BCUT2D eigenvalue weighted by Gasteiger charge is 2.26. The van der Waals surface area contributed by atoms with Crippen LogP contribution < -0.4 is 11.5 Å². The maximum Gasteiger partial charge on any atom is 0.331 e. The van der Waals surface area contributed by atoms with Gasteiger partial charge in [0, 0.05) is 0 Å². The maximum absolute atomic E-state index is 10.6. The lowest BCUT2D eigenvalue weighted by Crippen LogP contribution is -2.43. The Hall–Kier alpha value is -1.13. The van der Waals surface area contributed by atoms with E-state index in [9.17, 15) is 4.79 Å². The van der Waals surface area contributed by atoms with Gasteiger partial charge in [0.1, 0.15) is 0 Å². The van der Waals surface area contributed by atoms with E-state index in [4.69, 9.17) is 16.6 Å². The molecule has 1 unspecified atom stereocenters. The van der Waals surface area contributed by atoms with Gasteiger partial charge < -0.3 is 16.6 Å². The molecule has 0 saturated heterocycles. The quantitative estimate of drug-likeness (QED) is 0.501. The van der Waals surface area contributed by atoms with Gasteiger partial charge in [0.25, 0.3) is 0 Å². The van der Waals surface area contributed by atoms with Gasteiger partial charge in [0.15, 0.2) is 5.54 Å². The number of aliphatic carboxylic acids is 1. The zero-order chi connectivity index (χ0) is 9.61. The van der Waals surface area contributed by atoms with Crippen LogP contribution in [-0.4, -0.2) is 23.2 Å². The smallest absolute Gasteiger partial charge is 0.331 e. The highest BCUT2D eigenvalue weighted by Crippen LogP contribution is 2.04. The van der Waals surface area contributed by atoms with Gasteiger partial charge >= 0.3 is 5.97 Å². The van der Waals surface area contributed by atoms with Gasteiger partial charge in [-0.1, -0.05) is 18.2 Å². The second-order valence-electron chi connectivity index (χ2n) is 2.42. The maximum atomic E-state index is 10.6. The molecule has 0 rings (SSSR count). The van der Waals surface area contributed by atoms with Gasteiger partial charge in [0.05, 0.1) is 0 Å². The van der Waals surface area contributed by atoms with Gasteiger partial charge in [-0.25, -0.2) is 4.79 Å². The normalized spacial score (nSPS) is 15.8. The lowest BCUT2D eigenvalue weighted by atomic mass is 10.0. The van der Waals surface area contributed by atoms with Crippen molar-refractivity contribution in [1.29, 1.82) is 0 Å². The Bertz CT molecular complexity index is 201. The van der Waals surface area contributed by atoms with E-state index in [1.54, 1.807) is 6.08 Å². The van der Waals surface area contributed by atoms with Gasteiger partial charge in [-0.15, -0.1) is 6.58 Å². The van der Waals surface area contributed by atoms with Gasteiger partial charge in [-0.05, 0) is 13.0 Å². The average molecular weight is 170 g/mol. The van der Waals surface area contributed by atoms with E-state index in [0.29, 0.717) is 13.0 Å². The second kappa shape index (κ2) is 4.69. The van der Waals surface area contributed by atoms with E-state index in [1.165, 1.54) is 12.2 Å². The van der Waals surface area contributed by atoms with Crippen molar-refractivity contribution in [3.63, 3.8) is 0 Å². The number of carboxylic acids is 1. The molecule has 0 amide bonds. The molecular formula is C8H14N2O2. The van der Waals surface area contributed by atoms with E-state index in [0.717, 1.165) is 0 Å². The van der Waals surface area contributed by atoms with Crippen LogP contribution in [0.15, 0.2) is 24.8 Å². The molecule has 5 N–H and O–H groups in total. The van der Waals surface area contributed by atoms with Crippen molar-refractivity contribution < 1.29 is 9.90 Å². The highest BCUT2D eigenvalue weighted by atomic mass is 16.4. The molecule has 0 aromatic rings. The predicted molar refractivity (Wildman–Crippen MR) is 47.6 cm³/mol. The summed E-state index contributed by atoms with van der Waals surface area (Å²) in [7, 11) is 0. The molecule has 0 fully saturated rings. The van der Waals surface area contributed by atoms with Crippen LogP contribution in [0.1, 0.15) is 6.42 Å². The van der Waals surface area contributed by atoms with Crippen LogP contribution >= 0.6 is 0 Å². The molecule has 0 bridgehead atoms. The first-order valence-electron chi connectivity index (χ1n) is 3.60. The third kappa shape index (κ3) is 2.86. The van der Waals surface area contributed by atoms with Crippen LogP contribution in [0, 0.1) is 0 Å². The largest absolute Gasteiger partial charge is 0.479 e. The van der Waals surface area contributed by atoms with Gasteiger partial charge in [-0.2, -0.15) is 0 Å². The summed E-state index contributed by atoms with van der Waals surface area (Å²) in [6, 6.07) is 0. The summed E-state index contributed by atoms with van der Waals surface area (Å²) in [5, 5.41) is 8.65. The summed E-state index contributed by atoms with van der Waals surface area (Å²) in [6.45, 7) is 3.82. The molecule has 0 aliphatic carbocycles. The SMILES string of the molecule is C=CC(N)(/C=C/CCN)C(=O)O. The molecule has 0 aliphatic heterocycles. The molecule has 1 atom stereocenters. The zero-order valence-electron chi connectivity index (χ0n) is 6.86. The second-order valence-corrected chi connectivity index (χ2v) is 2.42. The first-order chi connectivity index (χ1) is 5.56. The number of carbonyl (C=O) groups is 1. The lowest BCUT2D eigenvalue weighted by molar-refractivity contribution is -0.139. The molecule has 12 heavy (non-hydrogen) atoms. The Morgan fingerprint density at radius 2 is 2.25 bits per heavy atom. The summed E-state index contributed by atoms with van der Waals surface area (Å²) >= 11 is 0. The fourth-order valence-electron chi connectivity index (χ4n) is 0.601. The van der Waals surface area contributed by atoms with Crippen LogP contribution in [0.5, 0.6) is 0 Å². The van der Waals surface area contributed by atoms with Crippen molar-refractivity contribution in [3.8, 4) is 0 Å². The van der Waals surface area contributed by atoms with Crippen LogP contribution in [0.4, 0.5) is 0 Å². The Morgan fingerprint density at radius 1 is 1.67 bits per heavy atom. The zero-order valence-corrected chi connectivity index (χ0v) is 6.86. The number of rotatable bonds is 5. The number of nitrogens with two attached hydrogens (primary N) is 2. The van der Waals surface area contributed by atoms with E-state index in [2.05, 4.69) is 6.58 Å². The number of carboxylic acid groups (broad SMARTS) is 1. The number of hydrogen-bond acceptors (Lipinski definition) is 3. The van der Waals surface area contributed by atoms with Crippen LogP contribution in [0.25, 0.3) is 0 Å². The van der Waals surface area contributed by atoms with Crippen molar-refractivity contribution in [3.05, 3.63) is 24.8 Å². The lowest BCUT2D eigenvalue weighted by Gasteiger charge is -2.14. The van der Waals surface area contributed by atoms with Crippen LogP contribution in [0.2, 0.25) is 0 Å². The van der Waals surface area contributed by atoms with E-state index >= 15 is 0 Å². The standard InChI is InChI=1S/C8H14N2O2/c1-2-8(10,7(11)12)5-3-4-6-9/h2-3,5H,1,4,6,9-10H2,(H,11,12)/b5-3+. The summed E-state index contributed by atoms with van der Waals surface area (Å²) in [5.41, 5.74) is 9.18. The van der Waals surface area contributed by atoms with Crippen molar-refractivity contribution >= 4 is 5.97 Å². The number of hydrogen-bond donors (Lipinski definition) is 3. The molecule has 0 aliphatic rings. The van der Waals surface area contributed by atoms with Crippen LogP contribution in [0.3, 0.4) is 0 Å². The third-order valence-electron chi connectivity index (χ3n) is 1.44. The summed E-state index contributed by atoms with van der Waals surface area (Å²) in [5.74, 6) is -1.12. The fraction of sp³-hybridized carbons (Fsp3) is 0.375. The van der Waals surface area contributed by atoms with Crippen LogP contribution in [-0.2, 0) is 4.79 Å². The Morgan fingerprint density at radius 3 is 2.58 bits per heavy atom. The summed E-state index contributed by atoms with van der Waals surface area (Å²) < 4.78 is 0. The van der Waals surface area contributed by atoms with Crippen molar-refractivity contribution in [2.75, 3.05) is 6.54 Å². The van der Waals surface area contributed by atoms with Crippen molar-refractivity contribution in [1.82, 2.24) is 0 Å². The molecule has 4 nitrogen and oxygen atoms in total. The molecule has 0 heterocycles. The molecule has 68 valence electrons. The Balaban J connectivity index is 4.33. The Kier molecular flexibility index (Phi) is 4.25. The van der Waals surface area contributed by atoms with Crippen molar-refractivity contribution in [2.24, 2.45) is 11.5 Å². The average Bonchev–Trinajstić information content (AvgIpc) is 2.04. The van der Waals surface area contributed by atoms with E-state index in [1.807, 2.05) is 0 Å². The minimum Gasteiger partial charge on any atom is -0.479 e. The molecular weight excluding hydrogens is 156 g/mol. The minimum absolute atomic E-state index is 0.476. The molecule has 0 aromatic heterocycles. The topological polar surface area (TPSA) is 89.3 Å². The van der Waals surface area contributed by atoms with Gasteiger partial charge in [0.2, 0.25) is 0 Å². The molecule has 0 saturated carbocycles. The van der Waals surface area contributed by atoms with Crippen molar-refractivity contribution in [2.45, 2.75) is 12.0 Å². The predicted octanol–water partition coefficient (Wildman–Crippen LogP) is -0.140. The first kappa shape index (κ1) is 10.9. The molecule has 0 spiro atoms. The van der Waals surface area contributed by atoms with E-state index < -0.39 is 11.5 Å². The fourth-order valence-corrected chi connectivity index (χ4v) is 0.601. The molecule has 0 aromatic carbocycles. The Labute approximate surface area is 71.6 Å². The monoisotopic (exact) mass is 170 g/mol. The third-order valence-corrected chi connectivity index (χ3v) is 1.44. The van der Waals surface area contributed by atoms with Gasteiger partial charge in [-0.3, -0.25) is 0 Å². The molecule has 0 radical (unpaired) electrons. The molecule has 4 heteroatoms. The highest BCUT2D eigenvalue weighted by molar-refractivity contribution is 5.83. The summed E-state index contributed by atoms with van der Waals surface area (Å²) in [6.07, 6.45) is 4.81. The first-order valence-corrected chi connectivity index (χ1v) is 3.60. The summed E-state index contributed by atoms with van der Waals surface area (Å²) in [4.78, 5) is 10.6. The minimum atomic E-state index is -1.46. The van der Waals surface area contributed by atoms with E-state index in [-0.39, 0.29) is 0 Å².